The molecule has 1 amide bonds. The minimum atomic E-state index is -1.07. The van der Waals surface area contributed by atoms with E-state index < -0.39 is 29.3 Å². The maximum absolute atomic E-state index is 13.7. The number of methoxy groups -OCH3 is 2. The number of rotatable bonds is 8. The molecule has 4 aromatic carbocycles. The molecule has 0 saturated carbocycles. The maximum atomic E-state index is 13.7. The summed E-state index contributed by atoms with van der Waals surface area (Å²) in [4.78, 5) is 33.1. The molecule has 8 nitrogen and oxygen atoms in total. The van der Waals surface area contributed by atoms with E-state index >= 15 is 0 Å². The zero-order valence-corrected chi connectivity index (χ0v) is 23.9. The lowest BCUT2D eigenvalue weighted by Crippen LogP contribution is -2.29. The predicted octanol–water partition coefficient (Wildman–Crippen LogP) is 6.66. The fraction of sp³-hybridized carbons (Fsp3) is 0.121. The molecule has 6 rings (SSSR count). The number of ketones is 1. The van der Waals surface area contributed by atoms with Crippen LogP contribution >= 0.6 is 11.3 Å². The lowest BCUT2D eigenvalue weighted by molar-refractivity contribution is -0.132. The largest absolute Gasteiger partial charge is 0.507 e. The number of amides is 1. The number of hydrogen-bond acceptors (Lipinski definition) is 8. The summed E-state index contributed by atoms with van der Waals surface area (Å²) < 4.78 is 31.4. The molecule has 0 aliphatic carbocycles. The zero-order valence-electron chi connectivity index (χ0n) is 23.1. The van der Waals surface area contributed by atoms with Crippen LogP contribution in [0, 0.1) is 5.82 Å². The SMILES string of the molecule is COc1ccc2nc(N3C(=O)C(=O)/C(=C(/O)c4ccc(F)cc4)C3c3ccc(OCc4ccccc4)c(OC)c3)sc2c1. The highest BCUT2D eigenvalue weighted by atomic mass is 32.1. The van der Waals surface area contributed by atoms with Crippen LogP contribution in [0.1, 0.15) is 22.7 Å². The number of anilines is 1. The third-order valence-electron chi connectivity index (χ3n) is 7.09. The molecule has 0 spiro atoms. The summed E-state index contributed by atoms with van der Waals surface area (Å²) in [6.07, 6.45) is 0. The normalized spacial score (nSPS) is 16.1. The number of Topliss-reactive ketones (excluding diaryl/α,β-unsaturated/α-hetero) is 1. The van der Waals surface area contributed by atoms with E-state index in [-0.39, 0.29) is 16.3 Å². The molecular weight excluding hydrogens is 571 g/mol. The van der Waals surface area contributed by atoms with E-state index in [2.05, 4.69) is 4.98 Å². The van der Waals surface area contributed by atoms with Crippen molar-refractivity contribution in [2.45, 2.75) is 12.6 Å². The van der Waals surface area contributed by atoms with Gasteiger partial charge in [0.2, 0.25) is 0 Å². The quantitative estimate of drug-likeness (QED) is 0.122. The summed E-state index contributed by atoms with van der Waals surface area (Å²) in [6.45, 7) is 0.300. The van der Waals surface area contributed by atoms with Crippen LogP contribution in [0.15, 0.2) is 96.6 Å². The molecule has 1 fully saturated rings. The number of nitrogens with zero attached hydrogens (tertiary/aromatic N) is 2. The van der Waals surface area contributed by atoms with Gasteiger partial charge < -0.3 is 19.3 Å². The number of hydrogen-bond donors (Lipinski definition) is 1. The number of benzene rings is 4. The third kappa shape index (κ3) is 5.28. The van der Waals surface area contributed by atoms with Crippen LogP contribution < -0.4 is 19.1 Å². The first-order chi connectivity index (χ1) is 20.9. The smallest absolute Gasteiger partial charge is 0.301 e. The Morgan fingerprint density at radius 1 is 0.930 bits per heavy atom. The fourth-order valence-corrected chi connectivity index (χ4v) is 5.96. The molecule has 216 valence electrons. The number of aliphatic hydroxyl groups excluding tert-OH is 1. The average molecular weight is 597 g/mol. The van der Waals surface area contributed by atoms with Crippen LogP contribution in [-0.2, 0) is 16.2 Å². The summed E-state index contributed by atoms with van der Waals surface area (Å²) in [5, 5.41) is 11.6. The molecule has 1 saturated heterocycles. The van der Waals surface area contributed by atoms with Crippen LogP contribution in [0.5, 0.6) is 17.2 Å². The Bertz CT molecular complexity index is 1870. The summed E-state index contributed by atoms with van der Waals surface area (Å²) >= 11 is 1.21. The van der Waals surface area contributed by atoms with Gasteiger partial charge in [-0.05, 0) is 65.7 Å². The maximum Gasteiger partial charge on any atom is 0.301 e. The van der Waals surface area contributed by atoms with Crippen molar-refractivity contribution in [2.24, 2.45) is 0 Å². The molecule has 0 radical (unpaired) electrons. The highest BCUT2D eigenvalue weighted by Crippen LogP contribution is 2.46. The van der Waals surface area contributed by atoms with Crippen molar-refractivity contribution < 1.29 is 33.3 Å². The van der Waals surface area contributed by atoms with Gasteiger partial charge >= 0.3 is 5.91 Å². The number of carbonyl (C=O) groups is 2. The molecule has 1 unspecified atom stereocenters. The Morgan fingerprint density at radius 2 is 1.70 bits per heavy atom. The van der Waals surface area contributed by atoms with Gasteiger partial charge in [0.25, 0.3) is 5.78 Å². The van der Waals surface area contributed by atoms with Crippen LogP contribution in [0.3, 0.4) is 0 Å². The van der Waals surface area contributed by atoms with Crippen LogP contribution in [0.25, 0.3) is 16.0 Å². The lowest BCUT2D eigenvalue weighted by atomic mass is 9.95. The van der Waals surface area contributed by atoms with Crippen LogP contribution in [0.2, 0.25) is 0 Å². The number of carbonyl (C=O) groups excluding carboxylic acids is 2. The molecule has 1 aromatic heterocycles. The number of ether oxygens (including phenoxy) is 3. The molecule has 10 heteroatoms. The van der Waals surface area contributed by atoms with Crippen LogP contribution in [-0.4, -0.2) is 36.0 Å². The minimum Gasteiger partial charge on any atom is -0.507 e. The lowest BCUT2D eigenvalue weighted by Gasteiger charge is -2.24. The molecule has 2 heterocycles. The van der Waals surface area contributed by atoms with Gasteiger partial charge in [0, 0.05) is 5.56 Å². The van der Waals surface area contributed by atoms with Gasteiger partial charge in [0.15, 0.2) is 16.6 Å². The number of thiazole rings is 1. The average Bonchev–Trinajstić information content (AvgIpc) is 3.57. The Balaban J connectivity index is 1.47. The second-order valence-electron chi connectivity index (χ2n) is 9.69. The highest BCUT2D eigenvalue weighted by molar-refractivity contribution is 7.22. The van der Waals surface area contributed by atoms with E-state index in [4.69, 9.17) is 14.2 Å². The highest BCUT2D eigenvalue weighted by Gasteiger charge is 2.48. The first-order valence-electron chi connectivity index (χ1n) is 13.2. The number of aliphatic hydroxyl groups is 1. The molecule has 1 aliphatic rings. The van der Waals surface area contributed by atoms with Crippen LogP contribution in [0.4, 0.5) is 9.52 Å². The Labute approximate surface area is 250 Å². The first kappa shape index (κ1) is 27.9. The Kier molecular flexibility index (Phi) is 7.52. The van der Waals surface area contributed by atoms with Crippen molar-refractivity contribution in [3.8, 4) is 17.2 Å². The molecule has 1 N–H and O–H groups in total. The Hall–Kier alpha value is -5.22. The summed E-state index contributed by atoms with van der Waals surface area (Å²) in [6, 6.07) is 24.0. The van der Waals surface area contributed by atoms with Gasteiger partial charge in [-0.1, -0.05) is 47.7 Å². The molecular formula is C33H25FN2O6S. The van der Waals surface area contributed by atoms with Crippen molar-refractivity contribution >= 4 is 44.1 Å². The van der Waals surface area contributed by atoms with Gasteiger partial charge in [-0.25, -0.2) is 9.37 Å². The van der Waals surface area contributed by atoms with E-state index in [0.29, 0.717) is 34.9 Å². The van der Waals surface area contributed by atoms with Gasteiger partial charge in [0.1, 0.15) is 23.9 Å². The van der Waals surface area contributed by atoms with Crippen molar-refractivity contribution in [3.63, 3.8) is 0 Å². The van der Waals surface area contributed by atoms with E-state index in [9.17, 15) is 19.1 Å². The van der Waals surface area contributed by atoms with E-state index in [1.165, 1.54) is 47.6 Å². The van der Waals surface area contributed by atoms with Crippen molar-refractivity contribution in [2.75, 3.05) is 19.1 Å². The Morgan fingerprint density at radius 3 is 2.42 bits per heavy atom. The van der Waals surface area contributed by atoms with E-state index in [1.807, 2.05) is 30.3 Å². The van der Waals surface area contributed by atoms with E-state index in [0.717, 1.165) is 10.3 Å². The molecule has 0 bridgehead atoms. The minimum absolute atomic E-state index is 0.159. The summed E-state index contributed by atoms with van der Waals surface area (Å²) in [5.41, 5.74) is 2.08. The second-order valence-corrected chi connectivity index (χ2v) is 10.7. The third-order valence-corrected chi connectivity index (χ3v) is 8.11. The van der Waals surface area contributed by atoms with Gasteiger partial charge in [0.05, 0.1) is 36.1 Å². The van der Waals surface area contributed by atoms with Crippen molar-refractivity contribution in [1.82, 2.24) is 4.98 Å². The fourth-order valence-electron chi connectivity index (χ4n) is 4.94. The number of halogens is 1. The molecule has 43 heavy (non-hydrogen) atoms. The molecule has 1 atom stereocenters. The predicted molar refractivity (Wildman–Crippen MR) is 161 cm³/mol. The van der Waals surface area contributed by atoms with Gasteiger partial charge in [-0.15, -0.1) is 0 Å². The number of fused-ring (bicyclic) bond motifs is 1. The van der Waals surface area contributed by atoms with Crippen molar-refractivity contribution in [3.05, 3.63) is 119 Å². The first-order valence-corrected chi connectivity index (χ1v) is 14.1. The topological polar surface area (TPSA) is 98.2 Å². The van der Waals surface area contributed by atoms with Gasteiger partial charge in [-0.3, -0.25) is 14.5 Å². The summed E-state index contributed by atoms with van der Waals surface area (Å²) in [5.74, 6) is -1.25. The number of aromatic nitrogens is 1. The molecule has 1 aliphatic heterocycles. The standard InChI is InChI=1S/C33H25FN2O6S/c1-40-23-13-14-24-27(17-23)43-33(35-24)36-29(28(31(38)32(36)39)30(37)20-8-11-22(34)12-9-20)21-10-15-25(26(16-21)41-2)42-18-19-6-4-3-5-7-19/h3-17,29,37H,18H2,1-2H3/b30-28+. The monoisotopic (exact) mass is 596 g/mol. The molecule has 5 aromatic rings. The summed E-state index contributed by atoms with van der Waals surface area (Å²) in [7, 11) is 3.04. The zero-order chi connectivity index (χ0) is 30.1. The van der Waals surface area contributed by atoms with Gasteiger partial charge in [-0.2, -0.15) is 0 Å². The van der Waals surface area contributed by atoms with Crippen molar-refractivity contribution in [1.29, 1.82) is 0 Å². The van der Waals surface area contributed by atoms with E-state index in [1.54, 1.807) is 43.5 Å². The second kappa shape index (κ2) is 11.6.